The summed E-state index contributed by atoms with van der Waals surface area (Å²) in [5.74, 6) is 0.225. The molecule has 0 saturated heterocycles. The molecular weight excluding hydrogens is 388 g/mol. The van der Waals surface area contributed by atoms with Crippen LogP contribution in [0, 0.1) is 0 Å². The normalized spacial score (nSPS) is 12.7. The molecule has 29 heavy (non-hydrogen) atoms. The Bertz CT molecular complexity index is 780. The minimum atomic E-state index is -0.577. The molecule has 0 bridgehead atoms. The summed E-state index contributed by atoms with van der Waals surface area (Å²) in [6, 6.07) is 15.9. The third-order valence-electron chi connectivity index (χ3n) is 4.76. The highest BCUT2D eigenvalue weighted by atomic mass is 35.5. The van der Waals surface area contributed by atoms with Crippen molar-refractivity contribution in [2.75, 3.05) is 6.61 Å². The van der Waals surface area contributed by atoms with Gasteiger partial charge >= 0.3 is 0 Å². The Morgan fingerprint density at radius 3 is 2.28 bits per heavy atom. The maximum absolute atomic E-state index is 13.0. The predicted molar refractivity (Wildman–Crippen MR) is 116 cm³/mol. The highest BCUT2D eigenvalue weighted by Crippen LogP contribution is 2.16. The maximum Gasteiger partial charge on any atom is 0.261 e. The smallest absolute Gasteiger partial charge is 0.261 e. The number of nitrogens with one attached hydrogen (secondary N) is 1. The summed E-state index contributed by atoms with van der Waals surface area (Å²) >= 11 is 5.98. The highest BCUT2D eigenvalue weighted by Gasteiger charge is 2.29. The molecule has 2 atom stereocenters. The van der Waals surface area contributed by atoms with Gasteiger partial charge < -0.3 is 15.0 Å². The summed E-state index contributed by atoms with van der Waals surface area (Å²) in [6.45, 7) is 6.04. The second kappa shape index (κ2) is 11.5. The average Bonchev–Trinajstić information content (AvgIpc) is 2.73. The topological polar surface area (TPSA) is 58.6 Å². The first kappa shape index (κ1) is 22.8. The van der Waals surface area contributed by atoms with Crippen LogP contribution in [0.25, 0.3) is 0 Å². The first-order valence-electron chi connectivity index (χ1n) is 9.96. The van der Waals surface area contributed by atoms with Crippen LogP contribution < -0.4 is 10.1 Å². The van der Waals surface area contributed by atoms with Crippen molar-refractivity contribution in [3.8, 4) is 5.75 Å². The fourth-order valence-electron chi connectivity index (χ4n) is 2.89. The van der Waals surface area contributed by atoms with Crippen LogP contribution in [-0.4, -0.2) is 35.4 Å². The van der Waals surface area contributed by atoms with Gasteiger partial charge in [-0.1, -0.05) is 55.8 Å². The van der Waals surface area contributed by atoms with Crippen LogP contribution in [0.15, 0.2) is 54.6 Å². The summed E-state index contributed by atoms with van der Waals surface area (Å²) < 4.78 is 5.64. The zero-order valence-corrected chi connectivity index (χ0v) is 18.0. The van der Waals surface area contributed by atoms with Gasteiger partial charge in [0.25, 0.3) is 5.91 Å². The largest absolute Gasteiger partial charge is 0.484 e. The van der Waals surface area contributed by atoms with E-state index in [1.165, 1.54) is 0 Å². The van der Waals surface area contributed by atoms with Gasteiger partial charge in [0.15, 0.2) is 6.61 Å². The van der Waals surface area contributed by atoms with E-state index in [1.54, 1.807) is 29.2 Å². The Labute approximate surface area is 178 Å². The van der Waals surface area contributed by atoms with E-state index in [1.807, 2.05) is 51.1 Å². The number of nitrogens with zero attached hydrogens (tertiary/aromatic N) is 1. The summed E-state index contributed by atoms with van der Waals surface area (Å²) in [7, 11) is 0. The lowest BCUT2D eigenvalue weighted by Crippen LogP contribution is -2.51. The minimum absolute atomic E-state index is 0.0459. The number of benzene rings is 2. The van der Waals surface area contributed by atoms with Crippen molar-refractivity contribution in [3.05, 3.63) is 65.2 Å². The molecule has 156 valence electrons. The predicted octanol–water partition coefficient (Wildman–Crippen LogP) is 4.44. The van der Waals surface area contributed by atoms with E-state index >= 15 is 0 Å². The van der Waals surface area contributed by atoms with Crippen LogP contribution in [0.1, 0.15) is 39.2 Å². The molecule has 2 rings (SSSR count). The van der Waals surface area contributed by atoms with Gasteiger partial charge in [-0.2, -0.15) is 0 Å². The molecule has 0 aromatic heterocycles. The lowest BCUT2D eigenvalue weighted by Gasteiger charge is -2.31. The standard InChI is InChI=1S/C23H29ClN2O3/c1-4-17(3)25-23(28)21(5-2)26(15-18-11-13-19(24)14-12-18)22(27)16-29-20-9-7-6-8-10-20/h6-14,17,21H,4-5,15-16H2,1-3H3,(H,25,28)/t17-,21-/m0/s1. The first-order valence-corrected chi connectivity index (χ1v) is 10.3. The molecule has 0 radical (unpaired) electrons. The Morgan fingerprint density at radius 2 is 1.69 bits per heavy atom. The van der Waals surface area contributed by atoms with Crippen molar-refractivity contribution in [2.45, 2.75) is 52.2 Å². The molecule has 0 saturated carbocycles. The minimum Gasteiger partial charge on any atom is -0.484 e. The quantitative estimate of drug-likeness (QED) is 0.622. The van der Waals surface area contributed by atoms with E-state index in [4.69, 9.17) is 16.3 Å². The van der Waals surface area contributed by atoms with E-state index in [2.05, 4.69) is 5.32 Å². The third-order valence-corrected chi connectivity index (χ3v) is 5.01. The molecule has 0 aliphatic carbocycles. The number of halogens is 1. The van der Waals surface area contributed by atoms with E-state index in [0.717, 1.165) is 12.0 Å². The van der Waals surface area contributed by atoms with E-state index in [0.29, 0.717) is 23.7 Å². The van der Waals surface area contributed by atoms with E-state index in [9.17, 15) is 9.59 Å². The molecule has 1 N–H and O–H groups in total. The number of carbonyl (C=O) groups excluding carboxylic acids is 2. The second-order valence-electron chi connectivity index (χ2n) is 6.99. The molecule has 2 aromatic carbocycles. The molecule has 0 heterocycles. The Balaban J connectivity index is 2.19. The van der Waals surface area contributed by atoms with Gasteiger partial charge in [0.2, 0.25) is 5.91 Å². The van der Waals surface area contributed by atoms with Gasteiger partial charge in [0.1, 0.15) is 11.8 Å². The van der Waals surface area contributed by atoms with E-state index in [-0.39, 0.29) is 24.5 Å². The van der Waals surface area contributed by atoms with Gasteiger partial charge in [-0.15, -0.1) is 0 Å². The van der Waals surface area contributed by atoms with Crippen LogP contribution in [0.5, 0.6) is 5.75 Å². The average molecular weight is 417 g/mol. The summed E-state index contributed by atoms with van der Waals surface area (Å²) in [6.07, 6.45) is 1.33. The van der Waals surface area contributed by atoms with Crippen molar-refractivity contribution in [3.63, 3.8) is 0 Å². The number of hydrogen-bond donors (Lipinski definition) is 1. The molecule has 0 aliphatic heterocycles. The number of amides is 2. The summed E-state index contributed by atoms with van der Waals surface area (Å²) in [5, 5.41) is 3.62. The monoisotopic (exact) mass is 416 g/mol. The summed E-state index contributed by atoms with van der Waals surface area (Å²) in [4.78, 5) is 27.5. The molecule has 5 nitrogen and oxygen atoms in total. The number of carbonyl (C=O) groups is 2. The van der Waals surface area contributed by atoms with Gasteiger partial charge in [-0.3, -0.25) is 9.59 Å². The molecular formula is C23H29ClN2O3. The van der Waals surface area contributed by atoms with Crippen molar-refractivity contribution >= 4 is 23.4 Å². The fraction of sp³-hybridized carbons (Fsp3) is 0.391. The van der Waals surface area contributed by atoms with Crippen molar-refractivity contribution in [2.24, 2.45) is 0 Å². The lowest BCUT2D eigenvalue weighted by molar-refractivity contribution is -0.143. The van der Waals surface area contributed by atoms with Crippen molar-refractivity contribution in [1.29, 1.82) is 0 Å². The van der Waals surface area contributed by atoms with Gasteiger partial charge in [0.05, 0.1) is 0 Å². The van der Waals surface area contributed by atoms with Crippen LogP contribution in [0.3, 0.4) is 0 Å². The van der Waals surface area contributed by atoms with Crippen molar-refractivity contribution < 1.29 is 14.3 Å². The Hall–Kier alpha value is -2.53. The second-order valence-corrected chi connectivity index (χ2v) is 7.43. The number of ether oxygens (including phenoxy) is 1. The van der Waals surface area contributed by atoms with Crippen LogP contribution in [-0.2, 0) is 16.1 Å². The molecule has 0 fully saturated rings. The third kappa shape index (κ3) is 7.09. The Morgan fingerprint density at radius 1 is 1.03 bits per heavy atom. The Kier molecular flexibility index (Phi) is 9.00. The number of rotatable bonds is 10. The van der Waals surface area contributed by atoms with Crippen LogP contribution in [0.2, 0.25) is 5.02 Å². The molecule has 2 amide bonds. The molecule has 6 heteroatoms. The van der Waals surface area contributed by atoms with Crippen LogP contribution >= 0.6 is 11.6 Å². The van der Waals surface area contributed by atoms with Crippen LogP contribution in [0.4, 0.5) is 0 Å². The molecule has 0 spiro atoms. The zero-order chi connectivity index (χ0) is 21.2. The zero-order valence-electron chi connectivity index (χ0n) is 17.2. The van der Waals surface area contributed by atoms with Gasteiger partial charge in [-0.05, 0) is 49.6 Å². The molecule has 0 aliphatic rings. The van der Waals surface area contributed by atoms with Crippen molar-refractivity contribution in [1.82, 2.24) is 10.2 Å². The van der Waals surface area contributed by atoms with Gasteiger partial charge in [0, 0.05) is 17.6 Å². The number of hydrogen-bond acceptors (Lipinski definition) is 3. The maximum atomic E-state index is 13.0. The van der Waals surface area contributed by atoms with E-state index < -0.39 is 6.04 Å². The highest BCUT2D eigenvalue weighted by molar-refractivity contribution is 6.30. The lowest BCUT2D eigenvalue weighted by atomic mass is 10.1. The molecule has 2 aromatic rings. The number of para-hydroxylation sites is 1. The summed E-state index contributed by atoms with van der Waals surface area (Å²) in [5.41, 5.74) is 0.900. The molecule has 0 unspecified atom stereocenters. The SMILES string of the molecule is CC[C@H](C)NC(=O)[C@H](CC)N(Cc1ccc(Cl)cc1)C(=O)COc1ccccc1. The fourth-order valence-corrected chi connectivity index (χ4v) is 3.02. The van der Waals surface area contributed by atoms with Gasteiger partial charge in [-0.25, -0.2) is 0 Å². The first-order chi connectivity index (χ1) is 13.9.